The summed E-state index contributed by atoms with van der Waals surface area (Å²) in [5, 5.41) is 13.6. The average molecular weight is 291 g/mol. The molecule has 1 unspecified atom stereocenters. The van der Waals surface area contributed by atoms with Crippen LogP contribution in [0.5, 0.6) is 0 Å². The molecule has 0 bridgehead atoms. The summed E-state index contributed by atoms with van der Waals surface area (Å²) >= 11 is 0. The van der Waals surface area contributed by atoms with Crippen molar-refractivity contribution in [2.75, 3.05) is 7.05 Å². The molecule has 1 aromatic heterocycles. The molecule has 6 heteroatoms. The number of nitrogens with zero attached hydrogens (tertiary/aromatic N) is 3. The minimum atomic E-state index is -1.08. The lowest BCUT2D eigenvalue weighted by Gasteiger charge is -2.24. The third-order valence-corrected chi connectivity index (χ3v) is 3.32. The van der Waals surface area contributed by atoms with E-state index >= 15 is 0 Å². The zero-order chi connectivity index (χ0) is 15.4. The average Bonchev–Trinajstić information content (AvgIpc) is 2.88. The van der Waals surface area contributed by atoms with Gasteiger partial charge >= 0.3 is 5.97 Å². The van der Waals surface area contributed by atoms with Crippen LogP contribution in [-0.2, 0) is 17.9 Å². The van der Waals surface area contributed by atoms with Gasteiger partial charge in [0.25, 0.3) is 0 Å². The standard InChI is InChI=1S/C15H18FN3O2/c1-3-19-10-11(8-17-19)9-18(2)14(15(20)21)12-6-4-5-7-13(12)16/h4-8,10,14H,3,9H2,1-2H3,(H,20,21). The largest absolute Gasteiger partial charge is 0.480 e. The number of benzene rings is 1. The van der Waals surface area contributed by atoms with Crippen molar-refractivity contribution in [1.82, 2.24) is 14.7 Å². The Morgan fingerprint density at radius 1 is 1.48 bits per heavy atom. The third kappa shape index (κ3) is 3.46. The molecule has 1 aromatic carbocycles. The third-order valence-electron chi connectivity index (χ3n) is 3.32. The fourth-order valence-electron chi connectivity index (χ4n) is 2.30. The zero-order valence-corrected chi connectivity index (χ0v) is 12.0. The normalized spacial score (nSPS) is 12.6. The van der Waals surface area contributed by atoms with Crippen molar-refractivity contribution in [2.24, 2.45) is 0 Å². The van der Waals surface area contributed by atoms with E-state index in [1.807, 2.05) is 13.1 Å². The van der Waals surface area contributed by atoms with Gasteiger partial charge in [0.15, 0.2) is 0 Å². The van der Waals surface area contributed by atoms with E-state index < -0.39 is 17.8 Å². The Bertz CT molecular complexity index is 627. The Kier molecular flexibility index (Phi) is 4.70. The first kappa shape index (κ1) is 15.2. The lowest BCUT2D eigenvalue weighted by molar-refractivity contribution is -0.143. The Balaban J connectivity index is 2.22. The number of hydrogen-bond donors (Lipinski definition) is 1. The van der Waals surface area contributed by atoms with Crippen LogP contribution in [0.3, 0.4) is 0 Å². The zero-order valence-electron chi connectivity index (χ0n) is 12.0. The monoisotopic (exact) mass is 291 g/mol. The minimum absolute atomic E-state index is 0.162. The molecule has 0 aliphatic carbocycles. The predicted octanol–water partition coefficient (Wildman–Crippen LogP) is 2.30. The molecule has 0 saturated carbocycles. The van der Waals surface area contributed by atoms with Gasteiger partial charge in [0, 0.05) is 30.4 Å². The Labute approximate surface area is 122 Å². The molecule has 1 heterocycles. The molecule has 112 valence electrons. The number of carboxylic acids is 1. The highest BCUT2D eigenvalue weighted by atomic mass is 19.1. The van der Waals surface area contributed by atoms with Crippen LogP contribution in [0.1, 0.15) is 24.1 Å². The van der Waals surface area contributed by atoms with Gasteiger partial charge in [-0.3, -0.25) is 14.4 Å². The minimum Gasteiger partial charge on any atom is -0.480 e. The van der Waals surface area contributed by atoms with Gasteiger partial charge in [0.05, 0.1) is 6.20 Å². The second kappa shape index (κ2) is 6.49. The van der Waals surface area contributed by atoms with E-state index in [2.05, 4.69) is 5.10 Å². The lowest BCUT2D eigenvalue weighted by atomic mass is 10.0. The van der Waals surface area contributed by atoms with Crippen molar-refractivity contribution < 1.29 is 14.3 Å². The second-order valence-corrected chi connectivity index (χ2v) is 4.88. The molecule has 0 saturated heterocycles. The summed E-state index contributed by atoms with van der Waals surface area (Å²) in [4.78, 5) is 13.1. The first-order chi connectivity index (χ1) is 10.0. The molecule has 0 aliphatic rings. The van der Waals surface area contributed by atoms with Crippen LogP contribution in [-0.4, -0.2) is 32.8 Å². The number of halogens is 1. The first-order valence-electron chi connectivity index (χ1n) is 6.71. The van der Waals surface area contributed by atoms with E-state index in [9.17, 15) is 14.3 Å². The van der Waals surface area contributed by atoms with Gasteiger partial charge in [-0.2, -0.15) is 5.10 Å². The summed E-state index contributed by atoms with van der Waals surface area (Å²) in [5.41, 5.74) is 1.05. The maximum absolute atomic E-state index is 13.9. The van der Waals surface area contributed by atoms with E-state index in [1.165, 1.54) is 12.1 Å². The summed E-state index contributed by atoms with van der Waals surface area (Å²) < 4.78 is 15.6. The Hall–Kier alpha value is -2.21. The van der Waals surface area contributed by atoms with Crippen LogP contribution in [0.15, 0.2) is 36.7 Å². The number of carboxylic acid groups (broad SMARTS) is 1. The highest BCUT2D eigenvalue weighted by Crippen LogP contribution is 2.24. The van der Waals surface area contributed by atoms with Crippen molar-refractivity contribution in [3.05, 3.63) is 53.6 Å². The molecule has 1 atom stereocenters. The molecule has 1 N–H and O–H groups in total. The molecule has 0 aliphatic heterocycles. The maximum Gasteiger partial charge on any atom is 0.325 e. The van der Waals surface area contributed by atoms with Crippen LogP contribution >= 0.6 is 0 Å². The van der Waals surface area contributed by atoms with Crippen LogP contribution in [0.2, 0.25) is 0 Å². The second-order valence-electron chi connectivity index (χ2n) is 4.88. The number of likely N-dealkylation sites (N-methyl/N-ethyl adjacent to an activating group) is 1. The molecule has 0 spiro atoms. The van der Waals surface area contributed by atoms with E-state index in [-0.39, 0.29) is 5.56 Å². The Morgan fingerprint density at radius 2 is 2.19 bits per heavy atom. The number of aryl methyl sites for hydroxylation is 1. The highest BCUT2D eigenvalue weighted by molar-refractivity contribution is 5.75. The van der Waals surface area contributed by atoms with Crippen molar-refractivity contribution >= 4 is 5.97 Å². The number of rotatable bonds is 6. The van der Waals surface area contributed by atoms with Gasteiger partial charge in [0.1, 0.15) is 11.9 Å². The van der Waals surface area contributed by atoms with Crippen LogP contribution in [0.4, 0.5) is 4.39 Å². The van der Waals surface area contributed by atoms with Gasteiger partial charge in [-0.05, 0) is 20.0 Å². The molecule has 0 radical (unpaired) electrons. The molecule has 0 amide bonds. The number of carbonyl (C=O) groups is 1. The molecule has 0 fully saturated rings. The lowest BCUT2D eigenvalue weighted by Crippen LogP contribution is -2.31. The number of aromatic nitrogens is 2. The van der Waals surface area contributed by atoms with Crippen LogP contribution in [0, 0.1) is 5.82 Å². The smallest absolute Gasteiger partial charge is 0.325 e. The van der Waals surface area contributed by atoms with Crippen LogP contribution < -0.4 is 0 Å². The van der Waals surface area contributed by atoms with Gasteiger partial charge < -0.3 is 5.11 Å². The molecule has 5 nitrogen and oxygen atoms in total. The summed E-state index contributed by atoms with van der Waals surface area (Å²) in [6.07, 6.45) is 3.55. The summed E-state index contributed by atoms with van der Waals surface area (Å²) in [6, 6.07) is 4.92. The SMILES string of the molecule is CCn1cc(CN(C)C(C(=O)O)c2ccccc2F)cn1. The molecular formula is C15H18FN3O2. The predicted molar refractivity (Wildman–Crippen MR) is 76.1 cm³/mol. The fraction of sp³-hybridized carbons (Fsp3) is 0.333. The molecule has 2 rings (SSSR count). The van der Waals surface area contributed by atoms with Crippen molar-refractivity contribution in [1.29, 1.82) is 0 Å². The molecule has 2 aromatic rings. The molecular weight excluding hydrogens is 273 g/mol. The van der Waals surface area contributed by atoms with E-state index in [1.54, 1.807) is 35.0 Å². The van der Waals surface area contributed by atoms with Gasteiger partial charge in [0.2, 0.25) is 0 Å². The maximum atomic E-state index is 13.9. The first-order valence-corrected chi connectivity index (χ1v) is 6.71. The van der Waals surface area contributed by atoms with Gasteiger partial charge in [-0.25, -0.2) is 4.39 Å². The van der Waals surface area contributed by atoms with Crippen molar-refractivity contribution in [2.45, 2.75) is 26.1 Å². The van der Waals surface area contributed by atoms with Gasteiger partial charge in [-0.15, -0.1) is 0 Å². The van der Waals surface area contributed by atoms with E-state index in [4.69, 9.17) is 0 Å². The van der Waals surface area contributed by atoms with E-state index in [0.717, 1.165) is 12.1 Å². The molecule has 21 heavy (non-hydrogen) atoms. The summed E-state index contributed by atoms with van der Waals surface area (Å²) in [5.74, 6) is -1.59. The van der Waals surface area contributed by atoms with Crippen molar-refractivity contribution in [3.8, 4) is 0 Å². The summed E-state index contributed by atoms with van der Waals surface area (Å²) in [6.45, 7) is 3.10. The fourth-order valence-corrected chi connectivity index (χ4v) is 2.30. The topological polar surface area (TPSA) is 58.4 Å². The highest BCUT2D eigenvalue weighted by Gasteiger charge is 2.27. The van der Waals surface area contributed by atoms with E-state index in [0.29, 0.717) is 6.54 Å². The van der Waals surface area contributed by atoms with Crippen LogP contribution in [0.25, 0.3) is 0 Å². The van der Waals surface area contributed by atoms with Crippen molar-refractivity contribution in [3.63, 3.8) is 0 Å². The quantitative estimate of drug-likeness (QED) is 0.887. The number of hydrogen-bond acceptors (Lipinski definition) is 3. The Morgan fingerprint density at radius 3 is 2.76 bits per heavy atom. The van der Waals surface area contributed by atoms with Gasteiger partial charge in [-0.1, -0.05) is 18.2 Å². The summed E-state index contributed by atoms with van der Waals surface area (Å²) in [7, 11) is 1.66. The number of aliphatic carboxylic acids is 1.